The maximum absolute atomic E-state index is 6.38. The van der Waals surface area contributed by atoms with Gasteiger partial charge in [-0.1, -0.05) is 109 Å². The summed E-state index contributed by atoms with van der Waals surface area (Å²) in [7, 11) is -0.521. The Morgan fingerprint density at radius 1 is 0.768 bits per heavy atom. The minimum Gasteiger partial charge on any atom is -0.389 e. The molecule has 56 heavy (non-hydrogen) atoms. The van der Waals surface area contributed by atoms with Crippen molar-refractivity contribution in [1.82, 2.24) is 20.1 Å². The number of benzene rings is 4. The summed E-state index contributed by atoms with van der Waals surface area (Å²) in [6, 6.07) is 39.1. The Balaban J connectivity index is 1.05. The Morgan fingerprint density at radius 2 is 1.59 bits per heavy atom. The van der Waals surface area contributed by atoms with Crippen LogP contribution in [0.15, 0.2) is 175 Å². The highest BCUT2D eigenvalue weighted by Gasteiger charge is 2.47. The van der Waals surface area contributed by atoms with Crippen molar-refractivity contribution in [2.24, 2.45) is 5.92 Å². The predicted octanol–water partition coefficient (Wildman–Crippen LogP) is 10.0. The molecule has 0 amide bonds. The first-order valence-electron chi connectivity index (χ1n) is 19.3. The highest BCUT2D eigenvalue weighted by Crippen LogP contribution is 2.51. The first-order valence-corrected chi connectivity index (χ1v) is 20.2. The molecule has 0 saturated carbocycles. The summed E-state index contributed by atoms with van der Waals surface area (Å²) in [5.74, 6) is 0.123. The van der Waals surface area contributed by atoms with Crippen molar-refractivity contribution in [3.8, 4) is 11.1 Å². The first-order chi connectivity index (χ1) is 27.8. The van der Waals surface area contributed by atoms with Crippen LogP contribution in [-0.2, 0) is 9.31 Å². The van der Waals surface area contributed by atoms with E-state index >= 15 is 0 Å². The molecule has 2 aromatic heterocycles. The predicted molar refractivity (Wildman–Crippen MR) is 228 cm³/mol. The number of hydrogen-bond donors (Lipinski definition) is 1. The van der Waals surface area contributed by atoms with E-state index in [4.69, 9.17) is 9.31 Å². The lowest BCUT2D eigenvalue weighted by Crippen LogP contribution is -2.40. The minimum atomic E-state index is -0.521. The second kappa shape index (κ2) is 14.0. The van der Waals surface area contributed by atoms with Gasteiger partial charge in [0.1, 0.15) is 0 Å². The molecule has 1 saturated heterocycles. The van der Waals surface area contributed by atoms with Crippen molar-refractivity contribution in [2.75, 3.05) is 13.2 Å². The number of nitrogens with zero attached hydrogens (tertiary/aromatic N) is 3. The lowest BCUT2D eigenvalue weighted by molar-refractivity contribution is 0.290. The molecular weight excluding hydrogens is 707 g/mol. The van der Waals surface area contributed by atoms with Crippen LogP contribution in [0.1, 0.15) is 44.7 Å². The average molecular weight is 745 g/mol. The van der Waals surface area contributed by atoms with Gasteiger partial charge < -0.3 is 19.4 Å². The fourth-order valence-electron chi connectivity index (χ4n) is 9.07. The quantitative estimate of drug-likeness (QED) is 0.171. The van der Waals surface area contributed by atoms with Crippen LogP contribution >= 0.6 is 11.8 Å². The number of thioether (sulfide) groups is 1. The topological polar surface area (TPSA) is 59.5 Å². The van der Waals surface area contributed by atoms with E-state index in [1.807, 2.05) is 36.5 Å². The maximum Gasteiger partial charge on any atom is 0.594 e. The average Bonchev–Trinajstić information content (AvgIpc) is 4.01. The lowest BCUT2D eigenvalue weighted by Gasteiger charge is -2.31. The Kier molecular flexibility index (Phi) is 8.34. The number of pyridine rings is 2. The number of hydrogen-bond acceptors (Lipinski definition) is 7. The molecule has 1 N–H and O–H groups in total. The Morgan fingerprint density at radius 3 is 2.46 bits per heavy atom. The zero-order valence-electron chi connectivity index (χ0n) is 30.5. The SMILES string of the molecule is C1=Cc2cnccc2C(C2=CC3=C(c4ccccc4)NC(/C=C4/c5ccc(-c6cccc7cnccc67)cc5C(c5ccccc5)N4B4OCCO4)[C@@H]3C=C2)S1. The summed E-state index contributed by atoms with van der Waals surface area (Å²) in [6.07, 6.45) is 19.5. The van der Waals surface area contributed by atoms with Gasteiger partial charge in [0, 0.05) is 53.0 Å². The summed E-state index contributed by atoms with van der Waals surface area (Å²) in [6.45, 7) is 1.11. The van der Waals surface area contributed by atoms with E-state index in [0.29, 0.717) is 13.2 Å². The number of rotatable bonds is 6. The van der Waals surface area contributed by atoms with Crippen molar-refractivity contribution in [2.45, 2.75) is 17.3 Å². The van der Waals surface area contributed by atoms with E-state index in [2.05, 4.69) is 165 Å². The van der Waals surface area contributed by atoms with Crippen molar-refractivity contribution in [3.05, 3.63) is 208 Å². The highest BCUT2D eigenvalue weighted by atomic mass is 32.2. The summed E-state index contributed by atoms with van der Waals surface area (Å²) >= 11 is 1.85. The van der Waals surface area contributed by atoms with E-state index < -0.39 is 7.25 Å². The number of aromatic nitrogens is 2. The molecule has 6 aromatic rings. The van der Waals surface area contributed by atoms with Crippen molar-refractivity contribution in [1.29, 1.82) is 0 Å². The zero-order valence-corrected chi connectivity index (χ0v) is 31.3. The molecule has 11 rings (SSSR count). The molecular formula is C48H37BN4O2S. The number of fused-ring (bicyclic) bond motifs is 4. The van der Waals surface area contributed by atoms with Crippen LogP contribution in [0.25, 0.3) is 39.4 Å². The van der Waals surface area contributed by atoms with Gasteiger partial charge in [-0.3, -0.25) is 9.97 Å². The molecule has 6 nitrogen and oxygen atoms in total. The van der Waals surface area contributed by atoms with Crippen LogP contribution < -0.4 is 5.32 Å². The normalized spacial score (nSPS) is 23.0. The molecule has 0 radical (unpaired) electrons. The van der Waals surface area contributed by atoms with E-state index in [1.165, 1.54) is 66.7 Å². The fourth-order valence-corrected chi connectivity index (χ4v) is 10.1. The molecule has 0 bridgehead atoms. The monoisotopic (exact) mass is 744 g/mol. The third-order valence-corrected chi connectivity index (χ3v) is 12.7. The van der Waals surface area contributed by atoms with Gasteiger partial charge in [0.15, 0.2) is 0 Å². The van der Waals surface area contributed by atoms with E-state index in [9.17, 15) is 0 Å². The summed E-state index contributed by atoms with van der Waals surface area (Å²) in [4.78, 5) is 11.2. The number of allylic oxidation sites excluding steroid dienone is 2. The Hall–Kier alpha value is -5.93. The maximum atomic E-state index is 6.38. The molecule has 5 aliphatic rings. The zero-order chi connectivity index (χ0) is 37.0. The molecule has 1 aliphatic carbocycles. The number of nitrogens with one attached hydrogen (secondary N) is 1. The second-order valence-corrected chi connectivity index (χ2v) is 15.8. The van der Waals surface area contributed by atoms with Crippen LogP contribution in [0.5, 0.6) is 0 Å². The molecule has 4 aromatic carbocycles. The van der Waals surface area contributed by atoms with Crippen molar-refractivity contribution < 1.29 is 9.31 Å². The smallest absolute Gasteiger partial charge is 0.389 e. The third-order valence-electron chi connectivity index (χ3n) is 11.6. The van der Waals surface area contributed by atoms with E-state index in [0.717, 1.165) is 11.1 Å². The largest absolute Gasteiger partial charge is 0.594 e. The van der Waals surface area contributed by atoms with Gasteiger partial charge in [-0.05, 0) is 91.2 Å². The Labute approximate surface area is 331 Å². The van der Waals surface area contributed by atoms with E-state index in [-0.39, 0.29) is 23.3 Å². The fraction of sp³-hybridized carbons (Fsp3) is 0.125. The molecule has 0 spiro atoms. The van der Waals surface area contributed by atoms with Crippen LogP contribution in [-0.4, -0.2) is 41.3 Å². The van der Waals surface area contributed by atoms with Gasteiger partial charge in [0.2, 0.25) is 0 Å². The van der Waals surface area contributed by atoms with Crippen LogP contribution in [0.3, 0.4) is 0 Å². The Bertz CT molecular complexity index is 2650. The second-order valence-electron chi connectivity index (χ2n) is 14.7. The summed E-state index contributed by atoms with van der Waals surface area (Å²) in [5.41, 5.74) is 14.5. The molecule has 8 heteroatoms. The van der Waals surface area contributed by atoms with Gasteiger partial charge >= 0.3 is 7.25 Å². The van der Waals surface area contributed by atoms with E-state index in [1.54, 1.807) is 0 Å². The molecule has 6 heterocycles. The molecule has 3 unspecified atom stereocenters. The van der Waals surface area contributed by atoms with Crippen LogP contribution in [0, 0.1) is 5.92 Å². The summed E-state index contributed by atoms with van der Waals surface area (Å²) in [5, 5.41) is 8.75. The first kappa shape index (κ1) is 33.4. The van der Waals surface area contributed by atoms with Crippen LogP contribution in [0.2, 0.25) is 0 Å². The van der Waals surface area contributed by atoms with Gasteiger partial charge in [-0.25, -0.2) is 0 Å². The standard InChI is InChI=1S/C48H37BN4O2S/c1-3-8-31(9-4-1)46-42-27-34(48-39-19-22-51-30-36(39)20-25-56-48)15-16-40(42)44(52-46)28-45-41-17-14-33(37-13-7-12-35-29-50-21-18-38(35)37)26-43(41)47(32-10-5-2-6-11-32)53(45)49-54-23-24-55-49/h1-22,25-30,40,44,47-48,52H,23-24H2/b45-28-/t40-,44?,47?,48?/m1/s1. The molecule has 4 aliphatic heterocycles. The third kappa shape index (κ3) is 5.67. The van der Waals surface area contributed by atoms with Crippen LogP contribution in [0.4, 0.5) is 0 Å². The van der Waals surface area contributed by atoms with Crippen molar-refractivity contribution in [3.63, 3.8) is 0 Å². The lowest BCUT2D eigenvalue weighted by atomic mass is 9.84. The summed E-state index contributed by atoms with van der Waals surface area (Å²) < 4.78 is 12.8. The van der Waals surface area contributed by atoms with Gasteiger partial charge in [0.05, 0.1) is 30.5 Å². The van der Waals surface area contributed by atoms with Crippen molar-refractivity contribution >= 4 is 47.3 Å². The molecule has 1 fully saturated rings. The van der Waals surface area contributed by atoms with Gasteiger partial charge in [-0.2, -0.15) is 0 Å². The van der Waals surface area contributed by atoms with Gasteiger partial charge in [-0.15, -0.1) is 11.8 Å². The highest BCUT2D eigenvalue weighted by molar-refractivity contribution is 8.02. The molecule has 270 valence electrons. The van der Waals surface area contributed by atoms with Gasteiger partial charge in [0.25, 0.3) is 0 Å². The minimum absolute atomic E-state index is 0.0174. The molecule has 4 atom stereocenters.